The van der Waals surface area contributed by atoms with Gasteiger partial charge in [-0.25, -0.2) is 9.78 Å². The number of nitrogens with one attached hydrogen (secondary N) is 1. The van der Waals surface area contributed by atoms with Crippen LogP contribution in [0.5, 0.6) is 5.88 Å². The van der Waals surface area contributed by atoms with E-state index in [2.05, 4.69) is 10.3 Å². The van der Waals surface area contributed by atoms with Crippen LogP contribution in [0.4, 0.5) is 18.0 Å². The van der Waals surface area contributed by atoms with Crippen LogP contribution in [-0.4, -0.2) is 66.4 Å². The van der Waals surface area contributed by atoms with E-state index in [1.807, 2.05) is 0 Å². The third-order valence-electron chi connectivity index (χ3n) is 6.78. The number of pyridine rings is 1. The fraction of sp³-hybridized carbons (Fsp3) is 0.591. The van der Waals surface area contributed by atoms with Gasteiger partial charge in [0.15, 0.2) is 0 Å². The van der Waals surface area contributed by atoms with E-state index in [-0.39, 0.29) is 39.5 Å². The van der Waals surface area contributed by atoms with Gasteiger partial charge in [-0.3, -0.25) is 4.79 Å². The SMILES string of the molecule is CNC(=O)c1csc2c(C(F)(F)F)cc(O[C@H]3C[C@@H](OC(=O)N4CCC5(CCO5)CC4)C3)nc12. The van der Waals surface area contributed by atoms with E-state index >= 15 is 0 Å². The highest BCUT2D eigenvalue weighted by molar-refractivity contribution is 7.17. The van der Waals surface area contributed by atoms with Crippen LogP contribution in [0.1, 0.15) is 48.0 Å². The number of rotatable bonds is 4. The number of piperidine rings is 1. The molecule has 0 radical (unpaired) electrons. The molecule has 2 aromatic rings. The number of nitrogens with zero attached hydrogens (tertiary/aromatic N) is 2. The smallest absolute Gasteiger partial charge is 0.418 e. The first-order chi connectivity index (χ1) is 16.2. The van der Waals surface area contributed by atoms with Crippen molar-refractivity contribution in [3.63, 3.8) is 0 Å². The number of amides is 2. The van der Waals surface area contributed by atoms with Crippen LogP contribution in [0.25, 0.3) is 10.2 Å². The number of fused-ring (bicyclic) bond motifs is 1. The zero-order chi connectivity index (χ0) is 24.1. The van der Waals surface area contributed by atoms with Crippen molar-refractivity contribution in [1.29, 1.82) is 0 Å². The molecule has 2 aromatic heterocycles. The van der Waals surface area contributed by atoms with E-state index in [4.69, 9.17) is 14.2 Å². The maximum atomic E-state index is 13.6. The lowest BCUT2D eigenvalue weighted by Gasteiger charge is -2.47. The molecule has 1 saturated carbocycles. The van der Waals surface area contributed by atoms with Crippen LogP contribution in [0.2, 0.25) is 0 Å². The molecule has 5 rings (SSSR count). The number of hydrogen-bond donors (Lipinski definition) is 1. The number of likely N-dealkylation sites (tertiary alicyclic amines) is 1. The molecule has 184 valence electrons. The number of carbonyl (C=O) groups excluding carboxylic acids is 2. The maximum Gasteiger partial charge on any atom is 0.418 e. The molecule has 3 fully saturated rings. The lowest BCUT2D eigenvalue weighted by atomic mass is 9.84. The van der Waals surface area contributed by atoms with Crippen molar-refractivity contribution in [3.8, 4) is 5.88 Å². The minimum absolute atomic E-state index is 0.0465. The Morgan fingerprint density at radius 3 is 2.53 bits per heavy atom. The van der Waals surface area contributed by atoms with E-state index in [0.29, 0.717) is 25.9 Å². The third kappa shape index (κ3) is 4.28. The van der Waals surface area contributed by atoms with Crippen molar-refractivity contribution < 1.29 is 37.0 Å². The Balaban J connectivity index is 1.21. The molecule has 3 aliphatic rings. The number of ether oxygens (including phenoxy) is 3. The fourth-order valence-corrected chi connectivity index (χ4v) is 5.55. The number of aromatic nitrogens is 1. The van der Waals surface area contributed by atoms with Gasteiger partial charge in [0.1, 0.15) is 12.2 Å². The Hall–Kier alpha value is -2.60. The molecule has 0 bridgehead atoms. The zero-order valence-electron chi connectivity index (χ0n) is 18.4. The van der Waals surface area contributed by atoms with Gasteiger partial charge in [0.2, 0.25) is 5.88 Å². The van der Waals surface area contributed by atoms with Gasteiger partial charge in [-0.15, -0.1) is 11.3 Å². The van der Waals surface area contributed by atoms with Gasteiger partial charge in [-0.05, 0) is 19.3 Å². The molecule has 34 heavy (non-hydrogen) atoms. The molecule has 2 saturated heterocycles. The highest BCUT2D eigenvalue weighted by atomic mass is 32.1. The van der Waals surface area contributed by atoms with Gasteiger partial charge in [-0.1, -0.05) is 0 Å². The molecule has 1 aliphatic carbocycles. The molecule has 2 aliphatic heterocycles. The molecular formula is C22H24F3N3O5S. The molecule has 0 aromatic carbocycles. The van der Waals surface area contributed by atoms with Crippen LogP contribution >= 0.6 is 11.3 Å². The predicted octanol–water partition coefficient (Wildman–Crippen LogP) is 3.98. The number of carbonyl (C=O) groups is 2. The van der Waals surface area contributed by atoms with Crippen molar-refractivity contribution in [2.45, 2.75) is 56.1 Å². The highest BCUT2D eigenvalue weighted by Gasteiger charge is 2.43. The number of halogens is 3. The molecule has 4 heterocycles. The largest absolute Gasteiger partial charge is 0.474 e. The Labute approximate surface area is 197 Å². The van der Waals surface area contributed by atoms with Gasteiger partial charge in [0.25, 0.3) is 5.91 Å². The fourth-order valence-electron chi connectivity index (χ4n) is 4.53. The van der Waals surface area contributed by atoms with Gasteiger partial charge >= 0.3 is 12.3 Å². The Morgan fingerprint density at radius 1 is 1.24 bits per heavy atom. The summed E-state index contributed by atoms with van der Waals surface area (Å²) in [7, 11) is 1.40. The van der Waals surface area contributed by atoms with Crippen LogP contribution in [0.3, 0.4) is 0 Å². The van der Waals surface area contributed by atoms with E-state index in [1.54, 1.807) is 4.90 Å². The molecule has 2 amide bonds. The summed E-state index contributed by atoms with van der Waals surface area (Å²) in [5, 5.41) is 3.76. The van der Waals surface area contributed by atoms with Crippen molar-refractivity contribution >= 4 is 33.6 Å². The second-order valence-corrected chi connectivity index (χ2v) is 9.78. The topological polar surface area (TPSA) is 90.0 Å². The minimum atomic E-state index is -4.63. The van der Waals surface area contributed by atoms with Crippen LogP contribution in [0.15, 0.2) is 11.4 Å². The summed E-state index contributed by atoms with van der Waals surface area (Å²) in [4.78, 5) is 30.3. The predicted molar refractivity (Wildman–Crippen MR) is 116 cm³/mol. The van der Waals surface area contributed by atoms with Gasteiger partial charge in [0, 0.05) is 44.4 Å². The van der Waals surface area contributed by atoms with E-state index in [0.717, 1.165) is 43.3 Å². The quantitative estimate of drug-likeness (QED) is 0.685. The minimum Gasteiger partial charge on any atom is -0.474 e. The zero-order valence-corrected chi connectivity index (χ0v) is 19.3. The molecule has 12 heteroatoms. The Bertz CT molecular complexity index is 1100. The first-order valence-electron chi connectivity index (χ1n) is 11.2. The maximum absolute atomic E-state index is 13.6. The average Bonchev–Trinajstić information content (AvgIpc) is 3.18. The van der Waals surface area contributed by atoms with Crippen LogP contribution in [-0.2, 0) is 15.7 Å². The van der Waals surface area contributed by atoms with Crippen LogP contribution < -0.4 is 10.1 Å². The number of hydrogen-bond acceptors (Lipinski definition) is 7. The summed E-state index contributed by atoms with van der Waals surface area (Å²) in [6.45, 7) is 1.95. The van der Waals surface area contributed by atoms with E-state index in [9.17, 15) is 22.8 Å². The van der Waals surface area contributed by atoms with Crippen molar-refractivity contribution in [2.75, 3.05) is 26.7 Å². The summed E-state index contributed by atoms with van der Waals surface area (Å²) >= 11 is 0.815. The molecule has 1 spiro atoms. The standard InChI is InChI=1S/C22H24F3N3O5S/c1-26-19(29)14-11-34-18-15(22(23,24)25)10-16(27-17(14)18)32-12-8-13(9-12)33-20(30)28-5-2-21(3-6-28)4-7-31-21/h10-13H,2-9H2,1H3,(H,26,29)/t12-,13+. The molecule has 0 unspecified atom stereocenters. The lowest BCUT2D eigenvalue weighted by Crippen LogP contribution is -2.54. The van der Waals surface area contributed by atoms with Crippen LogP contribution in [0, 0.1) is 0 Å². The molecule has 1 N–H and O–H groups in total. The highest BCUT2D eigenvalue weighted by Crippen LogP contribution is 2.41. The first kappa shape index (κ1) is 23.2. The summed E-state index contributed by atoms with van der Waals surface area (Å²) < 4.78 is 57.6. The second-order valence-electron chi connectivity index (χ2n) is 8.90. The van der Waals surface area contributed by atoms with Gasteiger partial charge in [0.05, 0.1) is 33.6 Å². The van der Waals surface area contributed by atoms with E-state index < -0.39 is 23.8 Å². The molecular weight excluding hydrogens is 475 g/mol. The summed E-state index contributed by atoms with van der Waals surface area (Å²) in [6.07, 6.45) is -2.45. The Morgan fingerprint density at radius 2 is 1.94 bits per heavy atom. The monoisotopic (exact) mass is 499 g/mol. The summed E-state index contributed by atoms with van der Waals surface area (Å²) in [5.74, 6) is -0.730. The average molecular weight is 500 g/mol. The summed E-state index contributed by atoms with van der Waals surface area (Å²) in [6, 6.07) is 0.859. The lowest BCUT2D eigenvalue weighted by molar-refractivity contribution is -0.171. The first-order valence-corrected chi connectivity index (χ1v) is 12.0. The molecule has 0 atom stereocenters. The van der Waals surface area contributed by atoms with Gasteiger partial charge < -0.3 is 24.4 Å². The second kappa shape index (κ2) is 8.56. The summed E-state index contributed by atoms with van der Waals surface area (Å²) in [5.41, 5.74) is -0.937. The number of thiophene rings is 1. The molecule has 8 nitrogen and oxygen atoms in total. The van der Waals surface area contributed by atoms with Crippen molar-refractivity contribution in [1.82, 2.24) is 15.2 Å². The number of alkyl halides is 3. The normalized spacial score (nSPS) is 23.8. The third-order valence-corrected chi connectivity index (χ3v) is 7.78. The Kier molecular flexibility index (Phi) is 5.83. The van der Waals surface area contributed by atoms with E-state index in [1.165, 1.54) is 12.4 Å². The van der Waals surface area contributed by atoms with Gasteiger partial charge in [-0.2, -0.15) is 13.2 Å². The van der Waals surface area contributed by atoms with Crippen molar-refractivity contribution in [2.24, 2.45) is 0 Å². The van der Waals surface area contributed by atoms with Crippen molar-refractivity contribution in [3.05, 3.63) is 22.6 Å².